The first-order valence-corrected chi connectivity index (χ1v) is 12.0. The molecule has 9 heteroatoms. The molecule has 1 fully saturated rings. The smallest absolute Gasteiger partial charge is 0.323 e. The van der Waals surface area contributed by atoms with Crippen molar-refractivity contribution in [2.45, 2.75) is 64.0 Å². The molecule has 0 amide bonds. The summed E-state index contributed by atoms with van der Waals surface area (Å²) in [5.74, 6) is 1.45. The zero-order valence-electron chi connectivity index (χ0n) is 19.1. The second-order valence-corrected chi connectivity index (χ2v) is 8.61. The summed E-state index contributed by atoms with van der Waals surface area (Å²) in [5.41, 5.74) is 1.82. The van der Waals surface area contributed by atoms with Crippen LogP contribution in [-0.4, -0.2) is 33.1 Å². The second kappa shape index (κ2) is 11.2. The van der Waals surface area contributed by atoms with Gasteiger partial charge in [-0.1, -0.05) is 31.4 Å². The van der Waals surface area contributed by atoms with E-state index in [1.165, 1.54) is 25.7 Å². The summed E-state index contributed by atoms with van der Waals surface area (Å²) in [7, 11) is 1.59. The number of halogens is 1. The third-order valence-electron chi connectivity index (χ3n) is 5.81. The molecule has 4 rings (SSSR count). The van der Waals surface area contributed by atoms with Gasteiger partial charge in [-0.25, -0.2) is 0 Å². The first-order valence-electron chi connectivity index (χ1n) is 11.6. The quantitative estimate of drug-likeness (QED) is 0.317. The van der Waals surface area contributed by atoms with E-state index in [4.69, 9.17) is 21.1 Å². The summed E-state index contributed by atoms with van der Waals surface area (Å²) in [6.45, 7) is 2.11. The third kappa shape index (κ3) is 6.28. The van der Waals surface area contributed by atoms with Crippen molar-refractivity contribution in [3.8, 4) is 11.8 Å². The normalized spacial score (nSPS) is 15.5. The molecular weight excluding hydrogens is 440 g/mol. The first-order chi connectivity index (χ1) is 16.1. The number of hydrogen-bond acceptors (Lipinski definition) is 7. The number of H-pyrrole nitrogens is 1. The molecule has 1 unspecified atom stereocenters. The summed E-state index contributed by atoms with van der Waals surface area (Å²) >= 11 is 6.29. The fourth-order valence-corrected chi connectivity index (χ4v) is 4.29. The van der Waals surface area contributed by atoms with Crippen molar-refractivity contribution >= 4 is 29.2 Å². The maximum atomic E-state index is 6.29. The van der Waals surface area contributed by atoms with E-state index in [2.05, 4.69) is 37.5 Å². The summed E-state index contributed by atoms with van der Waals surface area (Å²) in [5, 5.41) is 7.14. The zero-order chi connectivity index (χ0) is 23.0. The van der Waals surface area contributed by atoms with Crippen LogP contribution in [-0.2, 0) is 0 Å². The van der Waals surface area contributed by atoms with Crippen LogP contribution in [0.4, 0.5) is 17.6 Å². The van der Waals surface area contributed by atoms with Crippen LogP contribution >= 0.6 is 11.6 Å². The van der Waals surface area contributed by atoms with E-state index < -0.39 is 0 Å². The predicted octanol–water partition coefficient (Wildman–Crippen LogP) is 6.27. The molecule has 0 spiro atoms. The number of benzene rings is 1. The zero-order valence-corrected chi connectivity index (χ0v) is 19.9. The van der Waals surface area contributed by atoms with Crippen molar-refractivity contribution in [2.24, 2.45) is 0 Å². The van der Waals surface area contributed by atoms with E-state index in [9.17, 15) is 0 Å². The average Bonchev–Trinajstić information content (AvgIpc) is 3.22. The molecule has 3 aromatic rings. The van der Waals surface area contributed by atoms with Gasteiger partial charge < -0.3 is 25.1 Å². The number of ether oxygens (including phenoxy) is 2. The Labute approximate surface area is 199 Å². The third-order valence-corrected chi connectivity index (χ3v) is 6.10. The van der Waals surface area contributed by atoms with Crippen molar-refractivity contribution in [3.05, 3.63) is 47.2 Å². The molecule has 1 aromatic carbocycles. The number of rotatable bonds is 9. The van der Waals surface area contributed by atoms with Crippen molar-refractivity contribution in [2.75, 3.05) is 17.7 Å². The molecule has 0 aliphatic heterocycles. The molecule has 33 heavy (non-hydrogen) atoms. The number of nitrogens with zero attached hydrogens (tertiary/aromatic N) is 3. The van der Waals surface area contributed by atoms with Gasteiger partial charge in [-0.15, -0.1) is 0 Å². The van der Waals surface area contributed by atoms with E-state index in [1.54, 1.807) is 19.2 Å². The van der Waals surface area contributed by atoms with Crippen molar-refractivity contribution in [1.29, 1.82) is 0 Å². The lowest BCUT2D eigenvalue weighted by Gasteiger charge is -2.19. The molecule has 2 aromatic heterocycles. The van der Waals surface area contributed by atoms with Gasteiger partial charge in [0.2, 0.25) is 11.9 Å². The maximum Gasteiger partial charge on any atom is 0.323 e. The highest BCUT2D eigenvalue weighted by Gasteiger charge is 2.19. The van der Waals surface area contributed by atoms with Gasteiger partial charge in [0.25, 0.3) is 0 Å². The number of anilines is 3. The minimum atomic E-state index is 0.0383. The highest BCUT2D eigenvalue weighted by atomic mass is 35.5. The monoisotopic (exact) mass is 470 g/mol. The summed E-state index contributed by atoms with van der Waals surface area (Å²) in [6.07, 6.45) is 9.78. The Morgan fingerprint density at radius 3 is 2.55 bits per heavy atom. The summed E-state index contributed by atoms with van der Waals surface area (Å²) in [4.78, 5) is 17.0. The van der Waals surface area contributed by atoms with Crippen LogP contribution in [0.5, 0.6) is 11.8 Å². The van der Waals surface area contributed by atoms with Crippen molar-refractivity contribution < 1.29 is 9.47 Å². The lowest BCUT2D eigenvalue weighted by atomic mass is 10.1. The SMILES string of the molecule is CCC(Nc1nc(Nc2ccc(OC)c(Cl)c2)nc(OC2CCCCCC2)n1)c1ccc[nH]1. The molecule has 1 aliphatic carbocycles. The molecule has 1 atom stereocenters. The van der Waals surface area contributed by atoms with Crippen LogP contribution in [0.2, 0.25) is 5.02 Å². The molecule has 1 saturated carbocycles. The van der Waals surface area contributed by atoms with Crippen LogP contribution in [0.3, 0.4) is 0 Å². The van der Waals surface area contributed by atoms with Crippen LogP contribution in [0.1, 0.15) is 63.6 Å². The average molecular weight is 471 g/mol. The number of nitrogens with one attached hydrogen (secondary N) is 3. The molecule has 2 heterocycles. The Kier molecular flexibility index (Phi) is 7.88. The Balaban J connectivity index is 1.59. The van der Waals surface area contributed by atoms with E-state index in [-0.39, 0.29) is 12.1 Å². The van der Waals surface area contributed by atoms with Gasteiger partial charge in [0, 0.05) is 17.6 Å². The highest BCUT2D eigenvalue weighted by Crippen LogP contribution is 2.29. The molecule has 0 saturated heterocycles. The van der Waals surface area contributed by atoms with Gasteiger partial charge >= 0.3 is 6.01 Å². The number of hydrogen-bond donors (Lipinski definition) is 3. The fourth-order valence-electron chi connectivity index (χ4n) is 4.03. The Morgan fingerprint density at radius 2 is 1.88 bits per heavy atom. The highest BCUT2D eigenvalue weighted by molar-refractivity contribution is 6.32. The van der Waals surface area contributed by atoms with Gasteiger partial charge in [-0.3, -0.25) is 0 Å². The second-order valence-electron chi connectivity index (χ2n) is 8.20. The van der Waals surface area contributed by atoms with E-state index in [1.807, 2.05) is 24.4 Å². The summed E-state index contributed by atoms with van der Waals surface area (Å²) < 4.78 is 11.5. The van der Waals surface area contributed by atoms with Gasteiger partial charge in [-0.2, -0.15) is 15.0 Å². The van der Waals surface area contributed by atoms with Gasteiger partial charge in [0.15, 0.2) is 0 Å². The Hall–Kier alpha value is -3.00. The van der Waals surface area contributed by atoms with Gasteiger partial charge in [0.05, 0.1) is 18.2 Å². The number of aromatic amines is 1. The minimum Gasteiger partial charge on any atom is -0.495 e. The van der Waals surface area contributed by atoms with Gasteiger partial charge in [-0.05, 0) is 62.4 Å². The first kappa shape index (κ1) is 23.2. The molecule has 0 radical (unpaired) electrons. The van der Waals surface area contributed by atoms with E-state index in [0.717, 1.165) is 30.6 Å². The number of methoxy groups -OCH3 is 1. The minimum absolute atomic E-state index is 0.0383. The van der Waals surface area contributed by atoms with Crippen LogP contribution in [0.15, 0.2) is 36.5 Å². The molecule has 176 valence electrons. The van der Waals surface area contributed by atoms with Crippen LogP contribution in [0.25, 0.3) is 0 Å². The van der Waals surface area contributed by atoms with Gasteiger partial charge in [0.1, 0.15) is 11.9 Å². The Morgan fingerprint density at radius 1 is 1.09 bits per heavy atom. The summed E-state index contributed by atoms with van der Waals surface area (Å²) in [6, 6.07) is 9.82. The van der Waals surface area contributed by atoms with E-state index >= 15 is 0 Å². The van der Waals surface area contributed by atoms with E-state index in [0.29, 0.717) is 28.7 Å². The molecular formula is C24H31ClN6O2. The maximum absolute atomic E-state index is 6.29. The van der Waals surface area contributed by atoms with Crippen LogP contribution < -0.4 is 20.1 Å². The largest absolute Gasteiger partial charge is 0.495 e. The molecule has 0 bridgehead atoms. The van der Waals surface area contributed by atoms with Crippen molar-refractivity contribution in [1.82, 2.24) is 19.9 Å². The lowest BCUT2D eigenvalue weighted by Crippen LogP contribution is -2.19. The standard InChI is InChI=1S/C24H31ClN6O2/c1-3-19(20-11-8-14-26-20)28-23-29-22(27-16-12-13-21(32-2)18(25)15-16)30-24(31-23)33-17-9-6-4-5-7-10-17/h8,11-15,17,19,26H,3-7,9-10H2,1-2H3,(H2,27,28,29,30,31). The molecule has 8 nitrogen and oxygen atoms in total. The van der Waals surface area contributed by atoms with Crippen molar-refractivity contribution in [3.63, 3.8) is 0 Å². The topological polar surface area (TPSA) is 97.0 Å². The number of aromatic nitrogens is 4. The Bertz CT molecular complexity index is 1020. The van der Waals surface area contributed by atoms with Crippen LogP contribution in [0, 0.1) is 0 Å². The molecule has 1 aliphatic rings. The fraction of sp³-hybridized carbons (Fsp3) is 0.458. The lowest BCUT2D eigenvalue weighted by molar-refractivity contribution is 0.168. The predicted molar refractivity (Wildman–Crippen MR) is 131 cm³/mol. The molecule has 3 N–H and O–H groups in total.